The number of nitrogens with zero attached hydrogens (tertiary/aromatic N) is 3. The molecule has 11 atom stereocenters. The Bertz CT molecular complexity index is 1340. The first kappa shape index (κ1) is 37.6. The Hall–Kier alpha value is -1.28. The van der Waals surface area contributed by atoms with Crippen molar-refractivity contribution in [2.75, 3.05) is 52.4 Å². The molecule has 0 aromatic heterocycles. The van der Waals surface area contributed by atoms with E-state index in [4.69, 9.17) is 4.74 Å². The van der Waals surface area contributed by atoms with Gasteiger partial charge in [0.2, 0.25) is 0 Å². The average Bonchev–Trinajstić information content (AvgIpc) is 3.85. The van der Waals surface area contributed by atoms with E-state index in [0.717, 1.165) is 56.9 Å². The summed E-state index contributed by atoms with van der Waals surface area (Å²) >= 11 is 0. The SMILES string of the molecule is CC(C)CN(CCCN1CCN2CCCCC2C1)CC1OC(C23C[C@@H]4[C@H](C)CC[C@H]4C4(C=O)CC2C=C(C(C)C)[C@@]34C(=O)O)CC1C1CCCCC1. The molecule has 7 heteroatoms. The average molecular weight is 720 g/mol. The first-order chi connectivity index (χ1) is 25.1. The molecule has 4 saturated carbocycles. The summed E-state index contributed by atoms with van der Waals surface area (Å²) in [5, 5.41) is 11.7. The smallest absolute Gasteiger partial charge is 0.315 e. The fraction of sp³-hybridized carbons (Fsp3) is 0.911. The van der Waals surface area contributed by atoms with E-state index in [1.165, 1.54) is 96.8 Å². The molecule has 7 fully saturated rings. The van der Waals surface area contributed by atoms with Crippen LogP contribution in [0, 0.1) is 63.6 Å². The monoisotopic (exact) mass is 720 g/mol. The van der Waals surface area contributed by atoms with Crippen molar-refractivity contribution in [3.05, 3.63) is 11.6 Å². The summed E-state index contributed by atoms with van der Waals surface area (Å²) in [7, 11) is 0. The minimum atomic E-state index is -1.15. The second-order valence-electron chi connectivity index (χ2n) is 20.3. The fourth-order valence-corrected chi connectivity index (χ4v) is 15.2. The molecule has 3 aliphatic heterocycles. The van der Waals surface area contributed by atoms with Gasteiger partial charge >= 0.3 is 5.97 Å². The number of rotatable bonds is 13. The molecule has 0 amide bonds. The van der Waals surface area contributed by atoms with E-state index in [2.05, 4.69) is 55.4 Å². The van der Waals surface area contributed by atoms with E-state index >= 15 is 0 Å². The van der Waals surface area contributed by atoms with Crippen LogP contribution in [0.4, 0.5) is 0 Å². The van der Waals surface area contributed by atoms with Crippen LogP contribution in [0.25, 0.3) is 0 Å². The van der Waals surface area contributed by atoms with Crippen LogP contribution in [0.2, 0.25) is 0 Å². The number of carbonyl (C=O) groups excluding carboxylic acids is 1. The quantitative estimate of drug-likeness (QED) is 0.154. The Balaban J connectivity index is 1.08. The molecule has 3 heterocycles. The lowest BCUT2D eigenvalue weighted by Crippen LogP contribution is -2.65. The van der Waals surface area contributed by atoms with Crippen molar-refractivity contribution in [1.29, 1.82) is 0 Å². The Morgan fingerprint density at radius 1 is 1.00 bits per heavy atom. The number of carbonyl (C=O) groups is 2. The molecule has 0 spiro atoms. The number of hydrogen-bond acceptors (Lipinski definition) is 6. The molecular formula is C45H73N3O4. The van der Waals surface area contributed by atoms with Crippen LogP contribution in [0.15, 0.2) is 11.6 Å². The van der Waals surface area contributed by atoms with Gasteiger partial charge in [-0.1, -0.05) is 91.2 Å². The van der Waals surface area contributed by atoms with E-state index in [9.17, 15) is 14.7 Å². The molecular weight excluding hydrogens is 647 g/mol. The van der Waals surface area contributed by atoms with E-state index in [0.29, 0.717) is 36.0 Å². The Kier molecular flexibility index (Phi) is 10.6. The topological polar surface area (TPSA) is 73.3 Å². The molecule has 3 saturated heterocycles. The number of carboxylic acids is 1. The highest BCUT2D eigenvalue weighted by atomic mass is 16.5. The lowest BCUT2D eigenvalue weighted by Gasteiger charge is -2.60. The number of aliphatic carboxylic acids is 1. The van der Waals surface area contributed by atoms with Crippen molar-refractivity contribution >= 4 is 12.3 Å². The molecule has 7 nitrogen and oxygen atoms in total. The zero-order valence-corrected chi connectivity index (χ0v) is 33.6. The third kappa shape index (κ3) is 5.77. The number of hydrogen-bond donors (Lipinski definition) is 1. The number of aldehydes is 1. The molecule has 8 aliphatic rings. The normalized spacial score (nSPS) is 43.7. The molecule has 52 heavy (non-hydrogen) atoms. The number of ether oxygens (including phenoxy) is 1. The van der Waals surface area contributed by atoms with Crippen molar-refractivity contribution in [2.24, 2.45) is 63.6 Å². The maximum atomic E-state index is 14.3. The fourth-order valence-electron chi connectivity index (χ4n) is 15.2. The van der Waals surface area contributed by atoms with E-state index in [1.54, 1.807) is 0 Å². The molecule has 8 rings (SSSR count). The van der Waals surface area contributed by atoms with Gasteiger partial charge in [0.15, 0.2) is 0 Å². The first-order valence-corrected chi connectivity index (χ1v) is 22.3. The van der Waals surface area contributed by atoms with Gasteiger partial charge in [0.05, 0.1) is 17.6 Å². The maximum absolute atomic E-state index is 14.3. The standard InChI is InChI=1S/C45H73N3O4/c1-30(2)26-47(18-11-17-46-20-21-48-19-10-9-14-35(48)27-46)28-40-36(33-12-7-6-8-13-33)23-41(52-40)44-25-37-32(5)15-16-38(37)43(29-49)24-34(44)22-39(31(3)4)45(43,44)42(50)51/h22,29-38,40-41H,6-21,23-28H2,1-5H3,(H,50,51)/t32-,34?,35?,36?,37-,38-,40?,41?,43?,44?,45+/m1/s1. The molecule has 0 aromatic carbocycles. The number of piperazine rings is 1. The Labute approximate surface area is 316 Å². The van der Waals surface area contributed by atoms with Crippen LogP contribution in [-0.4, -0.2) is 103 Å². The largest absolute Gasteiger partial charge is 0.481 e. The number of piperidine rings is 1. The molecule has 4 bridgehead atoms. The van der Waals surface area contributed by atoms with Crippen molar-refractivity contribution < 1.29 is 19.4 Å². The second kappa shape index (κ2) is 14.7. The van der Waals surface area contributed by atoms with Crippen molar-refractivity contribution in [1.82, 2.24) is 14.7 Å². The lowest BCUT2D eigenvalue weighted by molar-refractivity contribution is -0.197. The zero-order chi connectivity index (χ0) is 36.4. The number of fused-ring (bicyclic) bond motifs is 3. The molecule has 7 unspecified atom stereocenters. The summed E-state index contributed by atoms with van der Waals surface area (Å²) in [5.41, 5.74) is -1.45. The molecule has 0 radical (unpaired) electrons. The van der Waals surface area contributed by atoms with Gasteiger partial charge in [0, 0.05) is 44.2 Å². The van der Waals surface area contributed by atoms with E-state index in [1.807, 2.05) is 0 Å². The predicted molar refractivity (Wildman–Crippen MR) is 207 cm³/mol. The van der Waals surface area contributed by atoms with Crippen LogP contribution >= 0.6 is 0 Å². The summed E-state index contributed by atoms with van der Waals surface area (Å²) in [5.74, 6) is 2.30. The van der Waals surface area contributed by atoms with Gasteiger partial charge in [0.1, 0.15) is 11.7 Å². The van der Waals surface area contributed by atoms with Gasteiger partial charge in [-0.15, -0.1) is 0 Å². The summed E-state index contributed by atoms with van der Waals surface area (Å²) in [6.07, 6.45) is 20.2. The van der Waals surface area contributed by atoms with Gasteiger partial charge in [0.25, 0.3) is 0 Å². The lowest BCUT2D eigenvalue weighted by atomic mass is 9.41. The van der Waals surface area contributed by atoms with Crippen molar-refractivity contribution in [3.8, 4) is 0 Å². The van der Waals surface area contributed by atoms with Crippen LogP contribution < -0.4 is 0 Å². The summed E-state index contributed by atoms with van der Waals surface area (Å²) in [6.45, 7) is 20.8. The highest BCUT2D eigenvalue weighted by Gasteiger charge is 2.86. The summed E-state index contributed by atoms with van der Waals surface area (Å²) < 4.78 is 7.64. The number of allylic oxidation sites excluding steroid dienone is 1. The van der Waals surface area contributed by atoms with E-state index in [-0.39, 0.29) is 30.0 Å². The zero-order valence-electron chi connectivity index (χ0n) is 33.6. The first-order valence-electron chi connectivity index (χ1n) is 22.3. The third-order valence-corrected chi connectivity index (χ3v) is 17.1. The molecule has 292 valence electrons. The van der Waals surface area contributed by atoms with Crippen LogP contribution in [0.1, 0.15) is 125 Å². The highest BCUT2D eigenvalue weighted by Crippen LogP contribution is 2.84. The minimum Gasteiger partial charge on any atom is -0.481 e. The summed E-state index contributed by atoms with van der Waals surface area (Å²) in [4.78, 5) is 36.3. The Morgan fingerprint density at radius 3 is 2.52 bits per heavy atom. The third-order valence-electron chi connectivity index (χ3n) is 17.1. The minimum absolute atomic E-state index is 0.101. The van der Waals surface area contributed by atoms with Gasteiger partial charge in [-0.3, -0.25) is 9.69 Å². The predicted octanol–water partition coefficient (Wildman–Crippen LogP) is 7.78. The molecule has 1 N–H and O–H groups in total. The van der Waals surface area contributed by atoms with Gasteiger partial charge < -0.3 is 24.4 Å². The Morgan fingerprint density at radius 2 is 1.79 bits per heavy atom. The van der Waals surface area contributed by atoms with Gasteiger partial charge in [-0.25, -0.2) is 0 Å². The van der Waals surface area contributed by atoms with Gasteiger partial charge in [-0.2, -0.15) is 0 Å². The van der Waals surface area contributed by atoms with Crippen LogP contribution in [0.3, 0.4) is 0 Å². The molecule has 0 aromatic rings. The maximum Gasteiger partial charge on any atom is 0.315 e. The summed E-state index contributed by atoms with van der Waals surface area (Å²) in [6, 6.07) is 0.764. The van der Waals surface area contributed by atoms with Crippen LogP contribution in [-0.2, 0) is 14.3 Å². The van der Waals surface area contributed by atoms with Crippen molar-refractivity contribution in [2.45, 2.75) is 143 Å². The van der Waals surface area contributed by atoms with Crippen LogP contribution in [0.5, 0.6) is 0 Å². The highest BCUT2D eigenvalue weighted by molar-refractivity contribution is 5.90. The van der Waals surface area contributed by atoms with Crippen molar-refractivity contribution in [3.63, 3.8) is 0 Å². The number of carboxylic acid groups (broad SMARTS) is 1. The van der Waals surface area contributed by atoms with Gasteiger partial charge in [-0.05, 0) is 112 Å². The molecule has 5 aliphatic carbocycles. The second-order valence-corrected chi connectivity index (χ2v) is 20.3. The van der Waals surface area contributed by atoms with E-state index < -0.39 is 22.2 Å².